The molecule has 21 heavy (non-hydrogen) atoms. The highest BCUT2D eigenvalue weighted by atomic mass is 79.9. The third-order valence-electron chi connectivity index (χ3n) is 2.70. The van der Waals surface area contributed by atoms with Crippen LogP contribution in [-0.2, 0) is 23.6 Å². The van der Waals surface area contributed by atoms with Gasteiger partial charge in [-0.2, -0.15) is 8.42 Å². The fraction of sp³-hybridized carbons (Fsp3) is 0.333. The highest BCUT2D eigenvalue weighted by Crippen LogP contribution is 2.21. The highest BCUT2D eigenvalue weighted by molar-refractivity contribution is 9.10. The summed E-state index contributed by atoms with van der Waals surface area (Å²) in [6.45, 7) is 0.796. The van der Waals surface area contributed by atoms with Gasteiger partial charge >= 0.3 is 0 Å². The lowest BCUT2D eigenvalue weighted by Gasteiger charge is -2.11. The van der Waals surface area contributed by atoms with Crippen molar-refractivity contribution >= 4 is 31.6 Å². The van der Waals surface area contributed by atoms with Crippen LogP contribution in [0.1, 0.15) is 5.56 Å². The van der Waals surface area contributed by atoms with Gasteiger partial charge in [0.25, 0.3) is 10.0 Å². The van der Waals surface area contributed by atoms with Gasteiger partial charge in [-0.15, -0.1) is 5.10 Å². The Labute approximate surface area is 132 Å². The molecule has 0 unspecified atom stereocenters. The van der Waals surface area contributed by atoms with Gasteiger partial charge in [-0.3, -0.25) is 4.72 Å². The predicted molar refractivity (Wildman–Crippen MR) is 83.3 cm³/mol. The first-order valence-corrected chi connectivity index (χ1v) is 8.39. The van der Waals surface area contributed by atoms with Crippen LogP contribution >= 0.6 is 15.9 Å². The molecule has 1 N–H and O–H groups in total. The first-order valence-electron chi connectivity index (χ1n) is 6.11. The molecule has 0 atom stereocenters. The molecule has 0 saturated carbocycles. The molecule has 1 heterocycles. The lowest BCUT2D eigenvalue weighted by Crippen LogP contribution is -2.17. The summed E-state index contributed by atoms with van der Waals surface area (Å²) in [5, 5.41) is 7.33. The number of nitrogens with one attached hydrogen (secondary N) is 1. The molecule has 2 rings (SSSR count). The molecule has 0 aliphatic rings. The summed E-state index contributed by atoms with van der Waals surface area (Å²) in [6, 6.07) is 7.23. The maximum absolute atomic E-state index is 12.3. The first kappa shape index (κ1) is 15.9. The number of halogens is 1. The number of hydrogen-bond acceptors (Lipinski definition) is 5. The Kier molecular flexibility index (Phi) is 4.64. The fourth-order valence-electron chi connectivity index (χ4n) is 1.85. The third kappa shape index (κ3) is 3.80. The van der Waals surface area contributed by atoms with E-state index in [0.29, 0.717) is 5.69 Å². The SMILES string of the molecule is CN(C)Cc1ccc(NS(=O)(=O)c2c(Br)nnn2C)cc1. The largest absolute Gasteiger partial charge is 0.305 e. The first-order chi connectivity index (χ1) is 9.79. The van der Waals surface area contributed by atoms with Crippen molar-refractivity contribution in [2.24, 2.45) is 7.05 Å². The molecular weight excluding hydrogens is 358 g/mol. The van der Waals surface area contributed by atoms with Crippen molar-refractivity contribution in [3.8, 4) is 0 Å². The molecule has 0 saturated heterocycles. The van der Waals surface area contributed by atoms with E-state index in [-0.39, 0.29) is 9.63 Å². The summed E-state index contributed by atoms with van der Waals surface area (Å²) >= 11 is 3.09. The van der Waals surface area contributed by atoms with Crippen LogP contribution in [0.3, 0.4) is 0 Å². The van der Waals surface area contributed by atoms with E-state index in [1.165, 1.54) is 11.7 Å². The smallest absolute Gasteiger partial charge is 0.281 e. The predicted octanol–water partition coefficient (Wildman–Crippen LogP) is 1.44. The fourth-order valence-corrected chi connectivity index (χ4v) is 4.01. The zero-order valence-corrected chi connectivity index (χ0v) is 14.3. The molecule has 1 aromatic carbocycles. The molecule has 7 nitrogen and oxygen atoms in total. The summed E-state index contributed by atoms with van der Waals surface area (Å²) in [4.78, 5) is 2.04. The van der Waals surface area contributed by atoms with Gasteiger partial charge < -0.3 is 4.90 Å². The Bertz CT molecular complexity index is 705. The second-order valence-corrected chi connectivity index (χ2v) is 7.20. The second kappa shape index (κ2) is 6.12. The van der Waals surface area contributed by atoms with E-state index in [9.17, 15) is 8.42 Å². The quantitative estimate of drug-likeness (QED) is 0.857. The third-order valence-corrected chi connectivity index (χ3v) is 4.96. The van der Waals surface area contributed by atoms with Crippen LogP contribution in [0.25, 0.3) is 0 Å². The van der Waals surface area contributed by atoms with Gasteiger partial charge in [0.15, 0.2) is 4.60 Å². The summed E-state index contributed by atoms with van der Waals surface area (Å²) in [5.41, 5.74) is 1.59. The van der Waals surface area contributed by atoms with Crippen molar-refractivity contribution in [2.45, 2.75) is 11.6 Å². The van der Waals surface area contributed by atoms with Crippen LogP contribution in [0.5, 0.6) is 0 Å². The maximum Gasteiger partial charge on any atom is 0.281 e. The van der Waals surface area contributed by atoms with Gasteiger partial charge in [0.2, 0.25) is 5.03 Å². The van der Waals surface area contributed by atoms with Crippen LogP contribution in [0, 0.1) is 0 Å². The van der Waals surface area contributed by atoms with Crippen LogP contribution in [0.4, 0.5) is 5.69 Å². The molecule has 0 amide bonds. The Morgan fingerprint density at radius 2 is 1.90 bits per heavy atom. The van der Waals surface area contributed by atoms with Crippen molar-refractivity contribution in [2.75, 3.05) is 18.8 Å². The summed E-state index contributed by atoms with van der Waals surface area (Å²) in [6.07, 6.45) is 0. The van der Waals surface area contributed by atoms with Crippen molar-refractivity contribution < 1.29 is 8.42 Å². The number of anilines is 1. The van der Waals surface area contributed by atoms with E-state index in [0.717, 1.165) is 12.1 Å². The van der Waals surface area contributed by atoms with Crippen LogP contribution in [0.2, 0.25) is 0 Å². The number of benzene rings is 1. The number of rotatable bonds is 5. The minimum absolute atomic E-state index is 0.0140. The van der Waals surface area contributed by atoms with E-state index in [1.807, 2.05) is 31.1 Å². The van der Waals surface area contributed by atoms with Gasteiger partial charge in [0.1, 0.15) is 0 Å². The molecule has 114 valence electrons. The van der Waals surface area contributed by atoms with Crippen LogP contribution in [0.15, 0.2) is 33.9 Å². The minimum atomic E-state index is -3.74. The summed E-state index contributed by atoms with van der Waals surface area (Å²) in [5.74, 6) is 0. The zero-order valence-electron chi connectivity index (χ0n) is 11.9. The van der Waals surface area contributed by atoms with Crippen molar-refractivity contribution in [3.63, 3.8) is 0 Å². The standard InChI is InChI=1S/C12H16BrN5O2S/c1-17(2)8-9-4-6-10(7-5-9)15-21(19,20)12-11(13)14-16-18(12)3/h4-7,15H,8H2,1-3H3. The Hall–Kier alpha value is -1.45. The van der Waals surface area contributed by atoms with Gasteiger partial charge in [0, 0.05) is 19.3 Å². The Balaban J connectivity index is 2.21. The summed E-state index contributed by atoms with van der Waals surface area (Å²) < 4.78 is 28.5. The van der Waals surface area contributed by atoms with E-state index in [1.54, 1.807) is 12.1 Å². The monoisotopic (exact) mass is 373 g/mol. The van der Waals surface area contributed by atoms with Gasteiger partial charge in [-0.05, 0) is 47.7 Å². The molecular formula is C12H16BrN5O2S. The normalized spacial score (nSPS) is 11.9. The van der Waals surface area contributed by atoms with Crippen molar-refractivity contribution in [1.82, 2.24) is 19.9 Å². The Morgan fingerprint density at radius 3 is 2.38 bits per heavy atom. The molecule has 0 aliphatic carbocycles. The van der Waals surface area contributed by atoms with Crippen LogP contribution < -0.4 is 4.72 Å². The van der Waals surface area contributed by atoms with Gasteiger partial charge in [0.05, 0.1) is 0 Å². The molecule has 9 heteroatoms. The molecule has 0 aliphatic heterocycles. The van der Waals surface area contributed by atoms with E-state index >= 15 is 0 Å². The molecule has 0 radical (unpaired) electrons. The number of nitrogens with zero attached hydrogens (tertiary/aromatic N) is 4. The van der Waals surface area contributed by atoms with Crippen LogP contribution in [-0.4, -0.2) is 42.4 Å². The average Bonchev–Trinajstić information content (AvgIpc) is 2.71. The van der Waals surface area contributed by atoms with Gasteiger partial charge in [-0.25, -0.2) is 4.68 Å². The lowest BCUT2D eigenvalue weighted by atomic mass is 10.2. The number of aryl methyl sites for hydroxylation is 1. The number of sulfonamides is 1. The molecule has 2 aromatic rings. The molecule has 0 bridgehead atoms. The van der Waals surface area contributed by atoms with E-state index < -0.39 is 10.0 Å². The van der Waals surface area contributed by atoms with E-state index in [4.69, 9.17) is 0 Å². The highest BCUT2D eigenvalue weighted by Gasteiger charge is 2.23. The molecule has 0 spiro atoms. The van der Waals surface area contributed by atoms with Crippen molar-refractivity contribution in [3.05, 3.63) is 34.4 Å². The molecule has 1 aromatic heterocycles. The van der Waals surface area contributed by atoms with E-state index in [2.05, 4.69) is 31.0 Å². The van der Waals surface area contributed by atoms with Gasteiger partial charge in [-0.1, -0.05) is 17.3 Å². The minimum Gasteiger partial charge on any atom is -0.305 e. The maximum atomic E-state index is 12.3. The average molecular weight is 374 g/mol. The number of aromatic nitrogens is 3. The van der Waals surface area contributed by atoms with Crippen molar-refractivity contribution in [1.29, 1.82) is 0 Å². The zero-order chi connectivity index (χ0) is 15.6. The molecule has 0 fully saturated rings. The lowest BCUT2D eigenvalue weighted by molar-refractivity contribution is 0.402. The topological polar surface area (TPSA) is 80.1 Å². The second-order valence-electron chi connectivity index (χ2n) is 4.85. The Morgan fingerprint density at radius 1 is 1.29 bits per heavy atom. The number of hydrogen-bond donors (Lipinski definition) is 1. The summed E-state index contributed by atoms with van der Waals surface area (Å²) in [7, 11) is 1.74.